The van der Waals surface area contributed by atoms with E-state index in [1.807, 2.05) is 24.3 Å². The van der Waals surface area contributed by atoms with E-state index in [1.54, 1.807) is 11.1 Å². The molecule has 1 aromatic heterocycles. The maximum atomic E-state index is 13.5. The van der Waals surface area contributed by atoms with Crippen molar-refractivity contribution in [3.63, 3.8) is 0 Å². The number of carbonyl (C=O) groups excluding carboxylic acids is 2. The number of aromatic nitrogens is 2. The molecule has 3 heterocycles. The highest BCUT2D eigenvalue weighted by Crippen LogP contribution is 2.36. The Morgan fingerprint density at radius 1 is 1.08 bits per heavy atom. The number of imidazole rings is 1. The van der Waals surface area contributed by atoms with Gasteiger partial charge in [0.15, 0.2) is 0 Å². The number of amides is 2. The van der Waals surface area contributed by atoms with Gasteiger partial charge in [0.2, 0.25) is 5.91 Å². The summed E-state index contributed by atoms with van der Waals surface area (Å²) in [5, 5.41) is 2.64. The average Bonchev–Trinajstić information content (AvgIpc) is 3.61. The fourth-order valence-corrected chi connectivity index (χ4v) is 4.90. The molecule has 1 saturated heterocycles. The van der Waals surface area contributed by atoms with Crippen LogP contribution >= 0.6 is 27.0 Å². The first-order valence-corrected chi connectivity index (χ1v) is 12.7. The Labute approximate surface area is 242 Å². The van der Waals surface area contributed by atoms with Gasteiger partial charge in [-0.1, -0.05) is 36.4 Å². The summed E-state index contributed by atoms with van der Waals surface area (Å²) in [4.78, 5) is 35.3. The number of alkyl carbamates (subject to hydrolysis) is 1. The van der Waals surface area contributed by atoms with Crippen LogP contribution in [0.1, 0.15) is 37.5 Å². The monoisotopic (exact) mass is 572 g/mol. The van der Waals surface area contributed by atoms with Crippen LogP contribution in [0.4, 0.5) is 4.79 Å². The van der Waals surface area contributed by atoms with E-state index in [9.17, 15) is 9.59 Å². The van der Waals surface area contributed by atoms with Gasteiger partial charge in [0, 0.05) is 18.7 Å². The lowest BCUT2D eigenvalue weighted by molar-refractivity contribution is -0.136. The largest absolute Gasteiger partial charge is 0.493 e. The molecule has 2 N–H and O–H groups in total. The van der Waals surface area contributed by atoms with Gasteiger partial charge in [-0.05, 0) is 48.9 Å². The molecule has 11 heteroatoms. The third kappa shape index (κ3) is 7.09. The van der Waals surface area contributed by atoms with Crippen LogP contribution < -0.4 is 10.1 Å². The Hall–Kier alpha value is -3.15. The number of carbonyl (C=O) groups is 2. The van der Waals surface area contributed by atoms with Gasteiger partial charge in [-0.25, -0.2) is 9.78 Å². The van der Waals surface area contributed by atoms with Crippen molar-refractivity contribution in [3.05, 3.63) is 60.6 Å². The molecule has 2 aliphatic heterocycles. The maximum absolute atomic E-state index is 13.5. The number of ether oxygens (including phenoxy) is 3. The molecule has 210 valence electrons. The van der Waals surface area contributed by atoms with Crippen LogP contribution in [0.15, 0.2) is 54.7 Å². The number of nitrogens with zero attached hydrogens (tertiary/aromatic N) is 2. The summed E-state index contributed by atoms with van der Waals surface area (Å²) in [6.07, 6.45) is 4.31. The lowest BCUT2D eigenvalue weighted by Gasteiger charge is -2.28. The first-order valence-electron chi connectivity index (χ1n) is 12.7. The molecule has 3 aromatic rings. The third-order valence-corrected chi connectivity index (χ3v) is 6.82. The minimum Gasteiger partial charge on any atom is -0.493 e. The summed E-state index contributed by atoms with van der Waals surface area (Å²) in [5.74, 6) is 1.29. The van der Waals surface area contributed by atoms with Crippen molar-refractivity contribution in [1.82, 2.24) is 20.2 Å². The molecular formula is C28H36N4O5S2. The third-order valence-electron chi connectivity index (χ3n) is 6.82. The number of rotatable bonds is 2. The van der Waals surface area contributed by atoms with Gasteiger partial charge in [-0.15, -0.1) is 0 Å². The number of fused-ring (bicyclic) bond motifs is 6. The van der Waals surface area contributed by atoms with E-state index < -0.39 is 12.1 Å². The Kier molecular flexibility index (Phi) is 11.1. The summed E-state index contributed by atoms with van der Waals surface area (Å²) in [6, 6.07) is 15.3. The van der Waals surface area contributed by atoms with Crippen LogP contribution in [-0.4, -0.2) is 66.4 Å². The van der Waals surface area contributed by atoms with Crippen molar-refractivity contribution in [1.29, 1.82) is 0 Å². The van der Waals surface area contributed by atoms with Gasteiger partial charge < -0.3 is 29.4 Å². The minimum absolute atomic E-state index is 0. The highest BCUT2D eigenvalue weighted by atomic mass is 32.1. The molecule has 2 amide bonds. The highest BCUT2D eigenvalue weighted by molar-refractivity contribution is 7.59. The minimum atomic E-state index is -0.833. The molecule has 39 heavy (non-hydrogen) atoms. The predicted octanol–water partition coefficient (Wildman–Crippen LogP) is 4.55. The molecular weight excluding hydrogens is 536 g/mol. The zero-order valence-electron chi connectivity index (χ0n) is 21.9. The lowest BCUT2D eigenvalue weighted by atomic mass is 10.0. The predicted molar refractivity (Wildman–Crippen MR) is 159 cm³/mol. The van der Waals surface area contributed by atoms with Crippen molar-refractivity contribution in [2.75, 3.05) is 33.5 Å². The molecule has 5 rings (SSSR count). The van der Waals surface area contributed by atoms with Gasteiger partial charge in [-0.2, -0.15) is 27.0 Å². The molecule has 2 aliphatic rings. The zero-order chi connectivity index (χ0) is 25.6. The Balaban J connectivity index is 0.00000210. The van der Waals surface area contributed by atoms with E-state index in [4.69, 9.17) is 14.2 Å². The van der Waals surface area contributed by atoms with Gasteiger partial charge in [0.25, 0.3) is 0 Å². The topological polar surface area (TPSA) is 106 Å². The van der Waals surface area contributed by atoms with Gasteiger partial charge >= 0.3 is 6.09 Å². The molecule has 0 saturated carbocycles. The molecule has 2 aromatic carbocycles. The fraction of sp³-hybridized carbons (Fsp3) is 0.393. The normalized spacial score (nSPS) is 19.4. The van der Waals surface area contributed by atoms with Crippen LogP contribution in [0.25, 0.3) is 22.4 Å². The number of nitrogens with one attached hydrogen (secondary N) is 2. The maximum Gasteiger partial charge on any atom is 0.407 e. The summed E-state index contributed by atoms with van der Waals surface area (Å²) in [6.45, 7) is 1.64. The van der Waals surface area contributed by atoms with Crippen molar-refractivity contribution in [3.8, 4) is 28.1 Å². The molecule has 0 aliphatic carbocycles. The average molecular weight is 573 g/mol. The van der Waals surface area contributed by atoms with Gasteiger partial charge in [0.1, 0.15) is 17.6 Å². The van der Waals surface area contributed by atoms with E-state index >= 15 is 0 Å². The summed E-state index contributed by atoms with van der Waals surface area (Å²) < 4.78 is 16.7. The Morgan fingerprint density at radius 3 is 2.67 bits per heavy atom. The number of H-pyrrole nitrogens is 1. The SMILES string of the molecule is COC(=O)N[C@H]1COCCCCOc2ccc(-c3ccccc3)cc2-c2cnc([nH]2)[C@@H]2CCCN2C1=O.S.S. The van der Waals surface area contributed by atoms with E-state index in [0.717, 1.165) is 53.8 Å². The number of hydrogen-bond donors (Lipinski definition) is 2. The van der Waals surface area contributed by atoms with Gasteiger partial charge in [-0.3, -0.25) is 4.79 Å². The number of methoxy groups -OCH3 is 1. The zero-order valence-corrected chi connectivity index (χ0v) is 23.9. The van der Waals surface area contributed by atoms with E-state index in [-0.39, 0.29) is 45.5 Å². The quantitative estimate of drug-likeness (QED) is 0.467. The van der Waals surface area contributed by atoms with E-state index in [2.05, 4.69) is 39.6 Å². The second-order valence-corrected chi connectivity index (χ2v) is 9.27. The van der Waals surface area contributed by atoms with Crippen molar-refractivity contribution in [2.24, 2.45) is 0 Å². The van der Waals surface area contributed by atoms with Crippen molar-refractivity contribution < 1.29 is 23.8 Å². The van der Waals surface area contributed by atoms with E-state index in [1.165, 1.54) is 7.11 Å². The van der Waals surface area contributed by atoms with Crippen LogP contribution in [0.2, 0.25) is 0 Å². The first-order chi connectivity index (χ1) is 18.1. The molecule has 0 unspecified atom stereocenters. The number of aromatic amines is 1. The Morgan fingerprint density at radius 2 is 1.87 bits per heavy atom. The smallest absolute Gasteiger partial charge is 0.407 e. The molecule has 9 nitrogen and oxygen atoms in total. The lowest BCUT2D eigenvalue weighted by Crippen LogP contribution is -2.50. The number of hydrogen-bond acceptors (Lipinski definition) is 6. The molecule has 1 fully saturated rings. The summed E-state index contributed by atoms with van der Waals surface area (Å²) in [5.41, 5.74) is 3.95. The van der Waals surface area contributed by atoms with Crippen LogP contribution in [-0.2, 0) is 14.3 Å². The molecule has 2 bridgehead atoms. The van der Waals surface area contributed by atoms with Crippen LogP contribution in [0.3, 0.4) is 0 Å². The Bertz CT molecular complexity index is 1240. The van der Waals surface area contributed by atoms with Crippen LogP contribution in [0.5, 0.6) is 5.75 Å². The van der Waals surface area contributed by atoms with Crippen molar-refractivity contribution >= 4 is 39.0 Å². The summed E-state index contributed by atoms with van der Waals surface area (Å²) in [7, 11) is 1.28. The van der Waals surface area contributed by atoms with E-state index in [0.29, 0.717) is 25.6 Å². The molecule has 0 radical (unpaired) electrons. The molecule has 0 spiro atoms. The molecule has 2 atom stereocenters. The van der Waals surface area contributed by atoms with Crippen molar-refractivity contribution in [2.45, 2.75) is 37.8 Å². The van der Waals surface area contributed by atoms with Gasteiger partial charge in [0.05, 0.1) is 38.3 Å². The number of benzene rings is 2. The summed E-state index contributed by atoms with van der Waals surface area (Å²) >= 11 is 0. The second-order valence-electron chi connectivity index (χ2n) is 9.27. The fourth-order valence-electron chi connectivity index (χ4n) is 4.90. The second kappa shape index (κ2) is 14.3. The highest BCUT2D eigenvalue weighted by Gasteiger charge is 2.36. The standard InChI is InChI=1S/C28H32N4O5.2H2S/c1-35-28(34)31-23-18-36-14-5-6-15-37-25-12-11-20(19-8-3-2-4-9-19)16-21(25)22-17-29-26(30-22)24-10-7-13-32(24)27(23)33;;/h2-4,8-9,11-12,16-17,23-24H,5-7,10,13-15,18H2,1H3,(H,29,30)(H,31,34);2*1H2/t23-,24-;;/m0../s1. The first kappa shape index (κ1) is 30.4. The van der Waals surface area contributed by atoms with Crippen LogP contribution in [0, 0.1) is 0 Å².